The summed E-state index contributed by atoms with van der Waals surface area (Å²) in [5.41, 5.74) is 2.06. The molecular weight excluding hydrogens is 378 g/mol. The van der Waals surface area contributed by atoms with Gasteiger partial charge in [-0.05, 0) is 22.5 Å². The lowest BCUT2D eigenvalue weighted by molar-refractivity contribution is -0.138. The van der Waals surface area contributed by atoms with Gasteiger partial charge in [0.1, 0.15) is 11.0 Å². The Labute approximate surface area is 169 Å². The summed E-state index contributed by atoms with van der Waals surface area (Å²) in [4.78, 5) is 22.5. The summed E-state index contributed by atoms with van der Waals surface area (Å²) in [5.74, 6) is -1.29. The highest BCUT2D eigenvalue weighted by Crippen LogP contribution is 2.37. The van der Waals surface area contributed by atoms with Gasteiger partial charge < -0.3 is 15.5 Å². The zero-order valence-corrected chi connectivity index (χ0v) is 17.8. The third-order valence-electron chi connectivity index (χ3n) is 4.30. The second-order valence-corrected chi connectivity index (χ2v) is 10.00. The van der Waals surface area contributed by atoms with Gasteiger partial charge in [0.15, 0.2) is 5.17 Å². The summed E-state index contributed by atoms with van der Waals surface area (Å²) >= 11 is 1.03. The molecule has 1 aliphatic heterocycles. The van der Waals surface area contributed by atoms with Crippen molar-refractivity contribution in [1.29, 1.82) is 0 Å². The standard InChI is InChI=1S/C20H27N3O4S/c1-19(2,3)12-7-11(16(26)13(8-12)20(4,5)6)10-21-23-18-22-17(27)14(28-18)9-15(24)25/h7-8,10,14,26H,9H2,1-6H3,(H,24,25)(H,22,23,27). The van der Waals surface area contributed by atoms with Crippen molar-refractivity contribution in [3.05, 3.63) is 28.8 Å². The molecule has 0 radical (unpaired) electrons. The quantitative estimate of drug-likeness (QED) is 0.525. The number of carbonyl (C=O) groups excluding carboxylic acids is 1. The fourth-order valence-electron chi connectivity index (χ4n) is 2.65. The van der Waals surface area contributed by atoms with E-state index >= 15 is 0 Å². The molecule has 1 atom stereocenters. The van der Waals surface area contributed by atoms with Gasteiger partial charge >= 0.3 is 5.97 Å². The summed E-state index contributed by atoms with van der Waals surface area (Å²) < 4.78 is 0. The van der Waals surface area contributed by atoms with E-state index in [0.29, 0.717) is 5.56 Å². The second kappa shape index (κ2) is 7.95. The van der Waals surface area contributed by atoms with Gasteiger partial charge in [-0.25, -0.2) is 0 Å². The summed E-state index contributed by atoms with van der Waals surface area (Å²) in [6.45, 7) is 12.4. The van der Waals surface area contributed by atoms with Crippen molar-refractivity contribution in [2.45, 2.75) is 64.0 Å². The van der Waals surface area contributed by atoms with Gasteiger partial charge in [0.2, 0.25) is 5.91 Å². The van der Waals surface area contributed by atoms with E-state index in [0.717, 1.165) is 22.9 Å². The molecule has 0 bridgehead atoms. The van der Waals surface area contributed by atoms with E-state index in [1.165, 1.54) is 6.21 Å². The van der Waals surface area contributed by atoms with E-state index in [1.54, 1.807) is 0 Å². The largest absolute Gasteiger partial charge is 0.507 e. The number of aliphatic carboxylic acids is 1. The summed E-state index contributed by atoms with van der Waals surface area (Å²) in [6, 6.07) is 3.89. The van der Waals surface area contributed by atoms with Gasteiger partial charge in [0, 0.05) is 11.1 Å². The van der Waals surface area contributed by atoms with E-state index in [2.05, 4.69) is 36.3 Å². The molecule has 1 saturated heterocycles. The molecule has 152 valence electrons. The number of hydrogen-bond acceptors (Lipinski definition) is 6. The zero-order chi connectivity index (χ0) is 21.3. The Morgan fingerprint density at radius 3 is 2.39 bits per heavy atom. The van der Waals surface area contributed by atoms with E-state index in [4.69, 9.17) is 5.11 Å². The van der Waals surface area contributed by atoms with Gasteiger partial charge in [0.05, 0.1) is 12.6 Å². The van der Waals surface area contributed by atoms with E-state index in [9.17, 15) is 14.7 Å². The molecule has 1 heterocycles. The number of hydrogen-bond donors (Lipinski definition) is 3. The molecule has 3 N–H and O–H groups in total. The number of carbonyl (C=O) groups is 2. The van der Waals surface area contributed by atoms with Crippen molar-refractivity contribution in [3.8, 4) is 5.75 Å². The summed E-state index contributed by atoms with van der Waals surface area (Å²) in [7, 11) is 0. The minimum absolute atomic E-state index is 0.110. The van der Waals surface area contributed by atoms with Crippen molar-refractivity contribution in [1.82, 2.24) is 5.32 Å². The number of amides is 1. The number of phenols is 1. The molecule has 0 saturated carbocycles. The Morgan fingerprint density at radius 2 is 1.86 bits per heavy atom. The highest BCUT2D eigenvalue weighted by atomic mass is 32.2. The number of nitrogens with one attached hydrogen (secondary N) is 1. The van der Waals surface area contributed by atoms with Gasteiger partial charge in [-0.2, -0.15) is 5.10 Å². The minimum atomic E-state index is -1.05. The number of carboxylic acids is 1. The summed E-state index contributed by atoms with van der Waals surface area (Å²) in [6.07, 6.45) is 1.17. The second-order valence-electron chi connectivity index (χ2n) is 8.80. The Morgan fingerprint density at radius 1 is 1.21 bits per heavy atom. The number of amidine groups is 1. The molecule has 0 aliphatic carbocycles. The van der Waals surface area contributed by atoms with Gasteiger partial charge in [-0.15, -0.1) is 5.10 Å². The van der Waals surface area contributed by atoms with Crippen LogP contribution in [0.25, 0.3) is 0 Å². The predicted octanol–water partition coefficient (Wildman–Crippen LogP) is 3.38. The van der Waals surface area contributed by atoms with E-state index in [-0.39, 0.29) is 28.2 Å². The Bertz CT molecular complexity index is 848. The minimum Gasteiger partial charge on any atom is -0.507 e. The number of phenolic OH excluding ortho intramolecular Hbond substituents is 1. The summed E-state index contributed by atoms with van der Waals surface area (Å²) in [5, 5.41) is 29.5. The van der Waals surface area contributed by atoms with Gasteiger partial charge in [0.25, 0.3) is 0 Å². The Kier molecular flexibility index (Phi) is 6.23. The van der Waals surface area contributed by atoms with Crippen LogP contribution in [-0.2, 0) is 20.4 Å². The number of nitrogens with zero attached hydrogens (tertiary/aromatic N) is 2. The maximum atomic E-state index is 11.7. The van der Waals surface area contributed by atoms with Crippen LogP contribution < -0.4 is 5.32 Å². The van der Waals surface area contributed by atoms with Crippen molar-refractivity contribution >= 4 is 35.0 Å². The lowest BCUT2D eigenvalue weighted by Crippen LogP contribution is -2.26. The number of benzene rings is 1. The number of carboxylic acid groups (broad SMARTS) is 1. The lowest BCUT2D eigenvalue weighted by atomic mass is 9.79. The first-order valence-electron chi connectivity index (χ1n) is 8.97. The topological polar surface area (TPSA) is 111 Å². The molecular formula is C20H27N3O4S. The molecule has 1 unspecified atom stereocenters. The lowest BCUT2D eigenvalue weighted by Gasteiger charge is -2.26. The molecule has 1 fully saturated rings. The molecule has 0 aromatic heterocycles. The van der Waals surface area contributed by atoms with Crippen LogP contribution in [0, 0.1) is 0 Å². The van der Waals surface area contributed by atoms with Crippen molar-refractivity contribution in [2.24, 2.45) is 10.2 Å². The number of rotatable bonds is 4. The first-order valence-corrected chi connectivity index (χ1v) is 9.85. The Hall–Kier alpha value is -2.35. The van der Waals surface area contributed by atoms with Gasteiger partial charge in [-0.3, -0.25) is 9.59 Å². The predicted molar refractivity (Wildman–Crippen MR) is 112 cm³/mol. The van der Waals surface area contributed by atoms with Gasteiger partial charge in [-0.1, -0.05) is 59.4 Å². The fraction of sp³-hybridized carbons (Fsp3) is 0.500. The van der Waals surface area contributed by atoms with E-state index in [1.807, 2.05) is 32.9 Å². The SMILES string of the molecule is CC(C)(C)c1cc(C=NN=C2NC(=O)C(CC(=O)O)S2)c(O)c(C(C)(C)C)c1. The van der Waals surface area contributed by atoms with Crippen LogP contribution in [0.3, 0.4) is 0 Å². The number of aromatic hydroxyl groups is 1. The third kappa shape index (κ3) is 5.34. The molecule has 1 aromatic rings. The molecule has 8 heteroatoms. The van der Waals surface area contributed by atoms with Crippen molar-refractivity contribution < 1.29 is 19.8 Å². The molecule has 0 spiro atoms. The van der Waals surface area contributed by atoms with Crippen LogP contribution in [0.2, 0.25) is 0 Å². The third-order valence-corrected chi connectivity index (χ3v) is 5.37. The maximum absolute atomic E-state index is 11.7. The highest BCUT2D eigenvalue weighted by Gasteiger charge is 2.32. The molecule has 1 amide bonds. The number of thioether (sulfide) groups is 1. The molecule has 28 heavy (non-hydrogen) atoms. The zero-order valence-electron chi connectivity index (χ0n) is 17.0. The van der Waals surface area contributed by atoms with Crippen molar-refractivity contribution in [3.63, 3.8) is 0 Å². The highest BCUT2D eigenvalue weighted by molar-refractivity contribution is 8.15. The molecule has 2 rings (SSSR count). The van der Waals surface area contributed by atoms with E-state index < -0.39 is 17.1 Å². The molecule has 1 aromatic carbocycles. The molecule has 7 nitrogen and oxygen atoms in total. The molecule has 1 aliphatic rings. The average Bonchev–Trinajstić information content (AvgIpc) is 2.85. The van der Waals surface area contributed by atoms with Crippen LogP contribution >= 0.6 is 11.8 Å². The Balaban J connectivity index is 2.33. The average molecular weight is 406 g/mol. The van der Waals surface area contributed by atoms with Crippen LogP contribution in [0.15, 0.2) is 22.3 Å². The fourth-order valence-corrected chi connectivity index (χ4v) is 3.56. The van der Waals surface area contributed by atoms with Crippen LogP contribution in [0.1, 0.15) is 64.7 Å². The van der Waals surface area contributed by atoms with Crippen LogP contribution in [0.5, 0.6) is 5.75 Å². The van der Waals surface area contributed by atoms with Crippen molar-refractivity contribution in [2.75, 3.05) is 0 Å². The smallest absolute Gasteiger partial charge is 0.305 e. The monoisotopic (exact) mass is 405 g/mol. The first-order chi connectivity index (χ1) is 12.8. The maximum Gasteiger partial charge on any atom is 0.305 e. The first kappa shape index (κ1) is 21.9. The van der Waals surface area contributed by atoms with Crippen LogP contribution in [0.4, 0.5) is 0 Å². The van der Waals surface area contributed by atoms with Crippen LogP contribution in [-0.4, -0.2) is 38.7 Å². The normalized spacial score (nSPS) is 19.4.